The van der Waals surface area contributed by atoms with Gasteiger partial charge in [0.05, 0.1) is 12.0 Å². The van der Waals surface area contributed by atoms with Gasteiger partial charge in [-0.3, -0.25) is 4.79 Å². The van der Waals surface area contributed by atoms with Crippen molar-refractivity contribution in [3.05, 3.63) is 0 Å². The molecule has 1 rings (SSSR count). The van der Waals surface area contributed by atoms with E-state index in [1.807, 2.05) is 0 Å². The Morgan fingerprint density at radius 2 is 2.17 bits per heavy atom. The quantitative estimate of drug-likeness (QED) is 0.624. The van der Waals surface area contributed by atoms with Gasteiger partial charge in [0, 0.05) is 6.54 Å². The zero-order valence-corrected chi connectivity index (χ0v) is 7.29. The molecule has 4 nitrogen and oxygen atoms in total. The second-order valence-electron chi connectivity index (χ2n) is 3.70. The van der Waals surface area contributed by atoms with Crippen molar-refractivity contribution < 1.29 is 15.0 Å². The molecule has 2 N–H and O–H groups in total. The van der Waals surface area contributed by atoms with Gasteiger partial charge in [-0.05, 0) is 26.4 Å². The van der Waals surface area contributed by atoms with Crippen molar-refractivity contribution in [2.45, 2.75) is 25.4 Å². The van der Waals surface area contributed by atoms with Crippen molar-refractivity contribution in [3.8, 4) is 0 Å². The van der Waals surface area contributed by atoms with E-state index in [0.29, 0.717) is 6.54 Å². The molecular formula is C8H15NO3. The molecule has 0 saturated carbocycles. The van der Waals surface area contributed by atoms with E-state index in [2.05, 4.69) is 4.90 Å². The minimum Gasteiger partial charge on any atom is -0.481 e. The Hall–Kier alpha value is -0.610. The summed E-state index contributed by atoms with van der Waals surface area (Å²) in [4.78, 5) is 12.4. The van der Waals surface area contributed by atoms with Crippen molar-refractivity contribution >= 4 is 5.97 Å². The number of carboxylic acid groups (broad SMARTS) is 1. The van der Waals surface area contributed by atoms with Crippen LogP contribution in [0, 0.1) is 0 Å². The van der Waals surface area contributed by atoms with Gasteiger partial charge in [-0.15, -0.1) is 0 Å². The predicted octanol–water partition coefficient (Wildman–Crippen LogP) is -0.0822. The number of hydrogen-bond donors (Lipinski definition) is 2. The van der Waals surface area contributed by atoms with Crippen LogP contribution < -0.4 is 0 Å². The molecule has 0 bridgehead atoms. The van der Waals surface area contributed by atoms with Crippen molar-refractivity contribution in [2.75, 3.05) is 19.6 Å². The van der Waals surface area contributed by atoms with E-state index in [-0.39, 0.29) is 6.42 Å². The fourth-order valence-electron chi connectivity index (χ4n) is 1.40. The molecule has 1 saturated heterocycles. The van der Waals surface area contributed by atoms with E-state index in [9.17, 15) is 9.90 Å². The Labute approximate surface area is 71.8 Å². The molecule has 4 heteroatoms. The first-order chi connectivity index (χ1) is 5.49. The highest BCUT2D eigenvalue weighted by Gasteiger charge is 2.29. The molecule has 0 radical (unpaired) electrons. The minimum absolute atomic E-state index is 0.177. The number of aliphatic carboxylic acids is 1. The average molecular weight is 173 g/mol. The number of aliphatic hydroxyl groups is 1. The van der Waals surface area contributed by atoms with Gasteiger partial charge in [-0.2, -0.15) is 0 Å². The molecule has 1 aliphatic rings. The normalized spacial score (nSPS) is 22.8. The van der Waals surface area contributed by atoms with Crippen LogP contribution >= 0.6 is 0 Å². The van der Waals surface area contributed by atoms with Crippen LogP contribution in [0.3, 0.4) is 0 Å². The summed E-state index contributed by atoms with van der Waals surface area (Å²) in [5.41, 5.74) is -1.08. The lowest BCUT2D eigenvalue weighted by Crippen LogP contribution is -2.48. The Bertz CT molecular complexity index is 175. The molecule has 0 aromatic carbocycles. The van der Waals surface area contributed by atoms with E-state index >= 15 is 0 Å². The maximum atomic E-state index is 10.3. The van der Waals surface area contributed by atoms with E-state index in [4.69, 9.17) is 5.11 Å². The number of β-amino-alcohol motifs (C(OH)–C–C–N with tert-alkyl or cyclic N) is 1. The van der Waals surface area contributed by atoms with Crippen LogP contribution in [0.5, 0.6) is 0 Å². The molecule has 12 heavy (non-hydrogen) atoms. The van der Waals surface area contributed by atoms with Crippen LogP contribution in [0.4, 0.5) is 0 Å². The molecule has 0 aromatic heterocycles. The topological polar surface area (TPSA) is 60.8 Å². The molecule has 70 valence electrons. The number of carboxylic acids is 1. The predicted molar refractivity (Wildman–Crippen MR) is 43.9 cm³/mol. The highest BCUT2D eigenvalue weighted by Crippen LogP contribution is 2.15. The standard InChI is InChI=1S/C8H15NO3/c1-8(12,5-7(10)11)6-9-3-2-4-9/h12H,2-6H2,1H3,(H,10,11). The van der Waals surface area contributed by atoms with Gasteiger partial charge >= 0.3 is 5.97 Å². The lowest BCUT2D eigenvalue weighted by atomic mass is 10.0. The van der Waals surface area contributed by atoms with Gasteiger partial charge in [0.25, 0.3) is 0 Å². The molecular weight excluding hydrogens is 158 g/mol. The molecule has 0 aromatic rings. The Morgan fingerprint density at radius 3 is 2.50 bits per heavy atom. The summed E-state index contributed by atoms with van der Waals surface area (Å²) in [7, 11) is 0. The molecule has 1 heterocycles. The third-order valence-electron chi connectivity index (χ3n) is 2.04. The van der Waals surface area contributed by atoms with Crippen molar-refractivity contribution in [1.29, 1.82) is 0 Å². The van der Waals surface area contributed by atoms with Crippen LogP contribution in [0.15, 0.2) is 0 Å². The summed E-state index contributed by atoms with van der Waals surface area (Å²) in [5.74, 6) is -0.944. The van der Waals surface area contributed by atoms with Crippen molar-refractivity contribution in [2.24, 2.45) is 0 Å². The largest absolute Gasteiger partial charge is 0.481 e. The first-order valence-corrected chi connectivity index (χ1v) is 4.16. The summed E-state index contributed by atoms with van der Waals surface area (Å²) >= 11 is 0. The molecule has 1 aliphatic heterocycles. The molecule has 0 spiro atoms. The number of hydrogen-bond acceptors (Lipinski definition) is 3. The highest BCUT2D eigenvalue weighted by atomic mass is 16.4. The number of rotatable bonds is 4. The van der Waals surface area contributed by atoms with Gasteiger partial charge in [-0.1, -0.05) is 0 Å². The van der Waals surface area contributed by atoms with Gasteiger partial charge < -0.3 is 15.1 Å². The highest BCUT2D eigenvalue weighted by molar-refractivity contribution is 5.68. The third kappa shape index (κ3) is 2.79. The van der Waals surface area contributed by atoms with Crippen LogP contribution in [0.1, 0.15) is 19.8 Å². The van der Waals surface area contributed by atoms with Crippen LogP contribution in [0.25, 0.3) is 0 Å². The molecule has 1 fully saturated rings. The first kappa shape index (κ1) is 9.48. The smallest absolute Gasteiger partial charge is 0.306 e. The van der Waals surface area contributed by atoms with Crippen molar-refractivity contribution in [1.82, 2.24) is 4.90 Å². The maximum Gasteiger partial charge on any atom is 0.306 e. The number of carbonyl (C=O) groups is 1. The summed E-state index contributed by atoms with van der Waals surface area (Å²) in [5, 5.41) is 18.1. The zero-order chi connectivity index (χ0) is 9.19. The first-order valence-electron chi connectivity index (χ1n) is 4.16. The van der Waals surface area contributed by atoms with E-state index in [1.54, 1.807) is 6.92 Å². The summed E-state index contributed by atoms with van der Waals surface area (Å²) in [6, 6.07) is 0. The molecule has 0 amide bonds. The summed E-state index contributed by atoms with van der Waals surface area (Å²) < 4.78 is 0. The summed E-state index contributed by atoms with van der Waals surface area (Å²) in [6.07, 6.45) is 0.979. The zero-order valence-electron chi connectivity index (χ0n) is 7.29. The molecule has 1 atom stereocenters. The van der Waals surface area contributed by atoms with E-state index in [0.717, 1.165) is 19.5 Å². The molecule has 1 unspecified atom stereocenters. The Balaban J connectivity index is 2.30. The Kier molecular flexibility index (Phi) is 2.69. The minimum atomic E-state index is -1.08. The second-order valence-corrected chi connectivity index (χ2v) is 3.70. The lowest BCUT2D eigenvalue weighted by molar-refractivity contribution is -0.142. The van der Waals surface area contributed by atoms with Gasteiger partial charge in [0.1, 0.15) is 0 Å². The van der Waals surface area contributed by atoms with Crippen LogP contribution in [-0.4, -0.2) is 46.3 Å². The molecule has 0 aliphatic carbocycles. The third-order valence-corrected chi connectivity index (χ3v) is 2.04. The van der Waals surface area contributed by atoms with E-state index in [1.165, 1.54) is 0 Å². The van der Waals surface area contributed by atoms with E-state index < -0.39 is 11.6 Å². The SMILES string of the molecule is CC(O)(CC(=O)O)CN1CCC1. The number of likely N-dealkylation sites (tertiary alicyclic amines) is 1. The number of nitrogens with zero attached hydrogens (tertiary/aromatic N) is 1. The average Bonchev–Trinajstić information content (AvgIpc) is 1.76. The van der Waals surface area contributed by atoms with Crippen LogP contribution in [-0.2, 0) is 4.79 Å². The van der Waals surface area contributed by atoms with Gasteiger partial charge in [0.2, 0.25) is 0 Å². The van der Waals surface area contributed by atoms with Gasteiger partial charge in [-0.25, -0.2) is 0 Å². The maximum absolute atomic E-state index is 10.3. The monoisotopic (exact) mass is 173 g/mol. The second kappa shape index (κ2) is 3.41. The van der Waals surface area contributed by atoms with Crippen LogP contribution in [0.2, 0.25) is 0 Å². The van der Waals surface area contributed by atoms with Crippen molar-refractivity contribution in [3.63, 3.8) is 0 Å². The Morgan fingerprint density at radius 1 is 1.58 bits per heavy atom. The summed E-state index contributed by atoms with van der Waals surface area (Å²) in [6.45, 7) is 4.00. The van der Waals surface area contributed by atoms with Gasteiger partial charge in [0.15, 0.2) is 0 Å². The lowest BCUT2D eigenvalue weighted by Gasteiger charge is -2.36. The fraction of sp³-hybridized carbons (Fsp3) is 0.875. The fourth-order valence-corrected chi connectivity index (χ4v) is 1.40.